The highest BCUT2D eigenvalue weighted by molar-refractivity contribution is 5.99. The van der Waals surface area contributed by atoms with Gasteiger partial charge in [0.05, 0.1) is 19.4 Å². The van der Waals surface area contributed by atoms with Gasteiger partial charge in [0.15, 0.2) is 11.9 Å². The summed E-state index contributed by atoms with van der Waals surface area (Å²) in [5, 5.41) is 48.4. The Morgan fingerprint density at radius 1 is 1.31 bits per heavy atom. The van der Waals surface area contributed by atoms with Crippen LogP contribution in [0.1, 0.15) is 23.1 Å². The number of rotatable bonds is 7. The predicted octanol–water partition coefficient (Wildman–Crippen LogP) is -3.27. The molecule has 1 amide bonds. The molecule has 13 nitrogen and oxygen atoms in total. The Morgan fingerprint density at radius 3 is 2.46 bits per heavy atom. The molecule has 0 bridgehead atoms. The molecule has 0 spiro atoms. The van der Waals surface area contributed by atoms with Gasteiger partial charge in [-0.1, -0.05) is 0 Å². The number of carboxylic acids is 2. The Kier molecular flexibility index (Phi) is 5.76. The number of carbonyl (C=O) groups is 3. The lowest BCUT2D eigenvalue weighted by Crippen LogP contribution is -2.42. The molecule has 2 rings (SSSR count). The lowest BCUT2D eigenvalue weighted by Gasteiger charge is -2.17. The zero-order chi connectivity index (χ0) is 19.6. The van der Waals surface area contributed by atoms with Gasteiger partial charge in [-0.3, -0.25) is 14.2 Å². The van der Waals surface area contributed by atoms with Crippen molar-refractivity contribution >= 4 is 23.7 Å². The van der Waals surface area contributed by atoms with Crippen LogP contribution >= 0.6 is 0 Å². The van der Waals surface area contributed by atoms with Crippen LogP contribution in [0.15, 0.2) is 6.33 Å². The number of aromatic nitrogens is 2. The lowest BCUT2D eigenvalue weighted by molar-refractivity contribution is -0.145. The number of nitrogen functional groups attached to an aromatic ring is 1. The number of nitrogens with zero attached hydrogens (tertiary/aromatic N) is 2. The maximum Gasteiger partial charge on any atom is 0.326 e. The highest BCUT2D eigenvalue weighted by atomic mass is 16.6. The van der Waals surface area contributed by atoms with Crippen molar-refractivity contribution in [2.45, 2.75) is 37.0 Å². The number of aliphatic hydroxyl groups excluding tert-OH is 3. The van der Waals surface area contributed by atoms with Crippen LogP contribution in [-0.2, 0) is 14.3 Å². The maximum absolute atomic E-state index is 12.1. The number of ether oxygens (including phenoxy) is 1. The number of hydrogen-bond donors (Lipinski definition) is 7. The molecule has 2 heterocycles. The van der Waals surface area contributed by atoms with Crippen molar-refractivity contribution in [3.63, 3.8) is 0 Å². The number of anilines is 1. The van der Waals surface area contributed by atoms with Gasteiger partial charge in [-0.05, 0) is 0 Å². The quantitative estimate of drug-likeness (QED) is 0.251. The van der Waals surface area contributed by atoms with E-state index in [9.17, 15) is 24.6 Å². The fourth-order valence-electron chi connectivity index (χ4n) is 2.46. The Bertz CT molecular complexity index is 706. The van der Waals surface area contributed by atoms with E-state index < -0.39 is 67.1 Å². The van der Waals surface area contributed by atoms with Gasteiger partial charge in [0.25, 0.3) is 5.91 Å². The molecule has 1 aromatic rings. The van der Waals surface area contributed by atoms with Crippen LogP contribution in [0.25, 0.3) is 0 Å². The Balaban J connectivity index is 2.19. The predicted molar refractivity (Wildman–Crippen MR) is 80.8 cm³/mol. The standard InChI is InChI=1S/C13H18N4O9/c14-10-7(11(23)16-4(13(24)25)1-6(19)20)15-3-17(10)12-9(22)8(21)5(2-18)26-12/h3-5,8-9,12,18,21-22H,1-2,14H2,(H,16,23)(H,19,20)(H,24,25)/t4?,5-,8?,9+,12-/m1/s1. The van der Waals surface area contributed by atoms with Crippen molar-refractivity contribution in [1.29, 1.82) is 0 Å². The van der Waals surface area contributed by atoms with Crippen molar-refractivity contribution < 1.29 is 44.7 Å². The number of hydrogen-bond acceptors (Lipinski definition) is 9. The fraction of sp³-hybridized carbons (Fsp3) is 0.538. The van der Waals surface area contributed by atoms with Crippen molar-refractivity contribution in [2.24, 2.45) is 0 Å². The average Bonchev–Trinajstić information content (AvgIpc) is 3.07. The first-order valence-electron chi connectivity index (χ1n) is 7.37. The van der Waals surface area contributed by atoms with E-state index in [1.165, 1.54) is 0 Å². The van der Waals surface area contributed by atoms with Crippen LogP contribution in [0, 0.1) is 0 Å². The summed E-state index contributed by atoms with van der Waals surface area (Å²) < 4.78 is 6.29. The Hall–Kier alpha value is -2.74. The van der Waals surface area contributed by atoms with Gasteiger partial charge in [-0.25, -0.2) is 9.78 Å². The third-order valence-corrected chi connectivity index (χ3v) is 3.82. The number of aliphatic carboxylic acids is 2. The van der Waals surface area contributed by atoms with E-state index in [1.54, 1.807) is 0 Å². The average molecular weight is 374 g/mol. The topological polar surface area (TPSA) is 217 Å². The zero-order valence-corrected chi connectivity index (χ0v) is 13.2. The highest BCUT2D eigenvalue weighted by Gasteiger charge is 2.44. The SMILES string of the molecule is Nc1c(C(=O)NC(CC(=O)O)C(=O)O)ncn1[C@@H]1O[C@H](CO)C(O)[C@@H]1O. The summed E-state index contributed by atoms with van der Waals surface area (Å²) >= 11 is 0. The minimum atomic E-state index is -1.70. The number of carboxylic acid groups (broad SMARTS) is 2. The third kappa shape index (κ3) is 3.75. The van der Waals surface area contributed by atoms with E-state index >= 15 is 0 Å². The molecule has 0 aliphatic carbocycles. The summed E-state index contributed by atoms with van der Waals surface area (Å²) in [6, 6.07) is -1.70. The van der Waals surface area contributed by atoms with Crippen LogP contribution < -0.4 is 11.1 Å². The second-order valence-corrected chi connectivity index (χ2v) is 5.58. The minimum absolute atomic E-state index is 0.309. The maximum atomic E-state index is 12.1. The van der Waals surface area contributed by atoms with E-state index in [2.05, 4.69) is 4.98 Å². The van der Waals surface area contributed by atoms with Crippen molar-refractivity contribution in [1.82, 2.24) is 14.9 Å². The van der Waals surface area contributed by atoms with Gasteiger partial charge in [0.2, 0.25) is 0 Å². The van der Waals surface area contributed by atoms with Crippen LogP contribution in [0.4, 0.5) is 5.82 Å². The zero-order valence-electron chi connectivity index (χ0n) is 13.2. The van der Waals surface area contributed by atoms with Crippen molar-refractivity contribution in [2.75, 3.05) is 12.3 Å². The molecular formula is C13H18N4O9. The summed E-state index contributed by atoms with van der Waals surface area (Å²) in [5.74, 6) is -4.33. The summed E-state index contributed by atoms with van der Waals surface area (Å²) in [5.41, 5.74) is 5.36. The number of carbonyl (C=O) groups excluding carboxylic acids is 1. The summed E-state index contributed by atoms with van der Waals surface area (Å²) in [6.07, 6.45) is -4.98. The number of nitrogens with two attached hydrogens (primary N) is 1. The molecule has 0 aromatic carbocycles. The largest absolute Gasteiger partial charge is 0.481 e. The molecule has 0 saturated carbocycles. The lowest BCUT2D eigenvalue weighted by atomic mass is 10.1. The summed E-state index contributed by atoms with van der Waals surface area (Å²) in [7, 11) is 0. The van der Waals surface area contributed by atoms with E-state index in [0.717, 1.165) is 10.9 Å². The first-order valence-corrected chi connectivity index (χ1v) is 7.37. The number of amides is 1. The first kappa shape index (κ1) is 19.6. The van der Waals surface area contributed by atoms with Crippen molar-refractivity contribution in [3.05, 3.63) is 12.0 Å². The molecule has 0 radical (unpaired) electrons. The van der Waals surface area contributed by atoms with Gasteiger partial charge in [-0.2, -0.15) is 0 Å². The van der Waals surface area contributed by atoms with Gasteiger partial charge in [-0.15, -0.1) is 0 Å². The highest BCUT2D eigenvalue weighted by Crippen LogP contribution is 2.31. The molecule has 5 atom stereocenters. The molecule has 8 N–H and O–H groups in total. The molecule has 1 fully saturated rings. The van der Waals surface area contributed by atoms with Crippen LogP contribution in [0.2, 0.25) is 0 Å². The Morgan fingerprint density at radius 2 is 1.96 bits per heavy atom. The van der Waals surface area contributed by atoms with E-state index in [4.69, 9.17) is 25.8 Å². The molecular weight excluding hydrogens is 356 g/mol. The van der Waals surface area contributed by atoms with Gasteiger partial charge in [0, 0.05) is 0 Å². The van der Waals surface area contributed by atoms with Crippen LogP contribution in [-0.4, -0.2) is 83.9 Å². The second-order valence-electron chi connectivity index (χ2n) is 5.58. The molecule has 2 unspecified atom stereocenters. The smallest absolute Gasteiger partial charge is 0.326 e. The van der Waals surface area contributed by atoms with Crippen LogP contribution in [0.3, 0.4) is 0 Å². The van der Waals surface area contributed by atoms with E-state index in [0.29, 0.717) is 0 Å². The molecule has 26 heavy (non-hydrogen) atoms. The Labute approximate surface area is 145 Å². The number of nitrogens with one attached hydrogen (secondary N) is 1. The second kappa shape index (κ2) is 7.65. The van der Waals surface area contributed by atoms with Gasteiger partial charge in [0.1, 0.15) is 30.2 Å². The van der Waals surface area contributed by atoms with Crippen molar-refractivity contribution in [3.8, 4) is 0 Å². The third-order valence-electron chi connectivity index (χ3n) is 3.82. The van der Waals surface area contributed by atoms with Gasteiger partial charge < -0.3 is 41.3 Å². The van der Waals surface area contributed by atoms with Gasteiger partial charge >= 0.3 is 11.9 Å². The van der Waals surface area contributed by atoms with E-state index in [-0.39, 0.29) is 5.82 Å². The van der Waals surface area contributed by atoms with Crippen LogP contribution in [0.5, 0.6) is 0 Å². The molecule has 144 valence electrons. The summed E-state index contributed by atoms with van der Waals surface area (Å²) in [4.78, 5) is 37.5. The number of imidazole rings is 1. The molecule has 1 saturated heterocycles. The molecule has 1 aromatic heterocycles. The number of aliphatic hydroxyl groups is 3. The molecule has 1 aliphatic heterocycles. The summed E-state index contributed by atoms with van der Waals surface area (Å²) in [6.45, 7) is -0.563. The fourth-order valence-corrected chi connectivity index (χ4v) is 2.46. The van der Waals surface area contributed by atoms with E-state index in [1.807, 2.05) is 5.32 Å². The molecule has 1 aliphatic rings. The monoisotopic (exact) mass is 374 g/mol. The first-order chi connectivity index (χ1) is 12.2. The molecule has 13 heteroatoms. The minimum Gasteiger partial charge on any atom is -0.481 e. The normalized spacial score (nSPS) is 26.4.